The van der Waals surface area contributed by atoms with E-state index in [4.69, 9.17) is 7.98 Å². The van der Waals surface area contributed by atoms with E-state index >= 15 is 0 Å². The minimum atomic E-state index is 0.498. The monoisotopic (exact) mass is 151 g/mol. The standard InChI is InChI=1S/C9H18BN/c1-8(2)11(10)9-6-4-3-5-7-9/h8-9H,3-7H2,1-2H3. The van der Waals surface area contributed by atoms with Crippen molar-refractivity contribution >= 4 is 7.98 Å². The first-order valence-electron chi connectivity index (χ1n) is 4.75. The van der Waals surface area contributed by atoms with Crippen LogP contribution in [0.25, 0.3) is 0 Å². The molecule has 0 aromatic heterocycles. The molecule has 0 aromatic carbocycles. The molecular formula is C9H18BN. The second-order valence-electron chi connectivity index (χ2n) is 3.83. The molecule has 0 saturated heterocycles. The second-order valence-corrected chi connectivity index (χ2v) is 3.83. The van der Waals surface area contributed by atoms with Crippen molar-refractivity contribution in [2.45, 2.75) is 58.0 Å². The topological polar surface area (TPSA) is 3.24 Å². The van der Waals surface area contributed by atoms with Crippen LogP contribution in [0, 0.1) is 0 Å². The first kappa shape index (κ1) is 9.12. The number of hydrogen-bond donors (Lipinski definition) is 0. The van der Waals surface area contributed by atoms with Gasteiger partial charge >= 0.3 is 0 Å². The molecule has 2 radical (unpaired) electrons. The smallest absolute Gasteiger partial charge is 0.183 e. The highest BCUT2D eigenvalue weighted by atomic mass is 15.1. The van der Waals surface area contributed by atoms with Gasteiger partial charge < -0.3 is 4.81 Å². The van der Waals surface area contributed by atoms with Gasteiger partial charge in [-0.3, -0.25) is 0 Å². The molecule has 11 heavy (non-hydrogen) atoms. The van der Waals surface area contributed by atoms with Crippen molar-refractivity contribution in [1.82, 2.24) is 4.81 Å². The van der Waals surface area contributed by atoms with Crippen LogP contribution < -0.4 is 0 Å². The van der Waals surface area contributed by atoms with E-state index in [1.807, 2.05) is 4.81 Å². The summed E-state index contributed by atoms with van der Waals surface area (Å²) >= 11 is 0. The molecule has 0 N–H and O–H groups in total. The van der Waals surface area contributed by atoms with Gasteiger partial charge in [-0.15, -0.1) is 0 Å². The van der Waals surface area contributed by atoms with Gasteiger partial charge in [0.15, 0.2) is 7.98 Å². The molecule has 0 spiro atoms. The Kier molecular flexibility index (Phi) is 3.44. The van der Waals surface area contributed by atoms with Crippen LogP contribution in [0.2, 0.25) is 0 Å². The molecule has 2 heteroatoms. The fraction of sp³-hybridized carbons (Fsp3) is 1.00. The van der Waals surface area contributed by atoms with Gasteiger partial charge in [-0.1, -0.05) is 33.1 Å². The predicted molar refractivity (Wildman–Crippen MR) is 49.6 cm³/mol. The van der Waals surface area contributed by atoms with E-state index in [1.165, 1.54) is 32.1 Å². The van der Waals surface area contributed by atoms with Gasteiger partial charge in [0.05, 0.1) is 0 Å². The van der Waals surface area contributed by atoms with E-state index < -0.39 is 0 Å². The van der Waals surface area contributed by atoms with Gasteiger partial charge in [0.25, 0.3) is 0 Å². The minimum absolute atomic E-state index is 0.498. The van der Waals surface area contributed by atoms with Crippen molar-refractivity contribution in [3.63, 3.8) is 0 Å². The Morgan fingerprint density at radius 2 is 1.73 bits per heavy atom. The summed E-state index contributed by atoms with van der Waals surface area (Å²) in [5, 5.41) is 0. The molecule has 1 aliphatic carbocycles. The first-order valence-corrected chi connectivity index (χ1v) is 4.75. The lowest BCUT2D eigenvalue weighted by Gasteiger charge is -2.34. The number of nitrogens with zero attached hydrogens (tertiary/aromatic N) is 1. The Balaban J connectivity index is 2.32. The van der Waals surface area contributed by atoms with Crippen LogP contribution in [-0.4, -0.2) is 24.9 Å². The summed E-state index contributed by atoms with van der Waals surface area (Å²) in [4.78, 5) is 2.03. The van der Waals surface area contributed by atoms with Crippen molar-refractivity contribution in [2.75, 3.05) is 0 Å². The van der Waals surface area contributed by atoms with Gasteiger partial charge in [-0.25, -0.2) is 0 Å². The molecule has 0 heterocycles. The van der Waals surface area contributed by atoms with E-state index in [9.17, 15) is 0 Å². The Morgan fingerprint density at radius 1 is 1.18 bits per heavy atom. The zero-order chi connectivity index (χ0) is 8.27. The molecule has 0 amide bonds. The van der Waals surface area contributed by atoms with E-state index in [-0.39, 0.29) is 0 Å². The highest BCUT2D eigenvalue weighted by Crippen LogP contribution is 2.22. The highest BCUT2D eigenvalue weighted by molar-refractivity contribution is 6.04. The van der Waals surface area contributed by atoms with E-state index in [0.29, 0.717) is 12.1 Å². The van der Waals surface area contributed by atoms with Crippen molar-refractivity contribution in [3.8, 4) is 0 Å². The van der Waals surface area contributed by atoms with E-state index in [0.717, 1.165) is 0 Å². The summed E-state index contributed by atoms with van der Waals surface area (Å²) in [5.41, 5.74) is 0. The first-order chi connectivity index (χ1) is 5.22. The molecule has 1 aliphatic rings. The van der Waals surface area contributed by atoms with Crippen LogP contribution in [-0.2, 0) is 0 Å². The number of rotatable bonds is 2. The normalized spacial score (nSPS) is 21.5. The molecule has 0 unspecified atom stereocenters. The van der Waals surface area contributed by atoms with Crippen LogP contribution in [0.3, 0.4) is 0 Å². The van der Waals surface area contributed by atoms with Crippen molar-refractivity contribution in [1.29, 1.82) is 0 Å². The minimum Gasteiger partial charge on any atom is -0.349 e. The average molecular weight is 151 g/mol. The average Bonchev–Trinajstić information content (AvgIpc) is 2.05. The third kappa shape index (κ3) is 2.51. The third-order valence-electron chi connectivity index (χ3n) is 2.59. The summed E-state index contributed by atoms with van der Waals surface area (Å²) < 4.78 is 0. The van der Waals surface area contributed by atoms with Crippen LogP contribution in [0.4, 0.5) is 0 Å². The van der Waals surface area contributed by atoms with Gasteiger partial charge in [-0.2, -0.15) is 0 Å². The summed E-state index contributed by atoms with van der Waals surface area (Å²) in [6, 6.07) is 1.15. The van der Waals surface area contributed by atoms with Crippen LogP contribution in [0.5, 0.6) is 0 Å². The van der Waals surface area contributed by atoms with Crippen molar-refractivity contribution in [3.05, 3.63) is 0 Å². The molecule has 1 rings (SSSR count). The third-order valence-corrected chi connectivity index (χ3v) is 2.59. The Bertz CT molecular complexity index is 108. The quantitative estimate of drug-likeness (QED) is 0.546. The maximum Gasteiger partial charge on any atom is 0.183 e. The van der Waals surface area contributed by atoms with Crippen LogP contribution >= 0.6 is 0 Å². The van der Waals surface area contributed by atoms with Crippen molar-refractivity contribution < 1.29 is 0 Å². The lowest BCUT2D eigenvalue weighted by Crippen LogP contribution is -2.39. The highest BCUT2D eigenvalue weighted by Gasteiger charge is 2.18. The molecule has 0 aliphatic heterocycles. The fourth-order valence-corrected chi connectivity index (χ4v) is 1.80. The molecule has 0 atom stereocenters. The number of hydrogen-bond acceptors (Lipinski definition) is 1. The van der Waals surface area contributed by atoms with E-state index in [2.05, 4.69) is 13.8 Å². The maximum atomic E-state index is 5.92. The maximum absolute atomic E-state index is 5.92. The second kappa shape index (κ2) is 4.15. The summed E-state index contributed by atoms with van der Waals surface area (Å²) in [6.07, 6.45) is 6.74. The SMILES string of the molecule is [B]N(C(C)C)C1CCCCC1. The summed E-state index contributed by atoms with van der Waals surface area (Å²) in [6.45, 7) is 4.32. The molecule has 0 bridgehead atoms. The fourth-order valence-electron chi connectivity index (χ4n) is 1.80. The molecule has 1 saturated carbocycles. The Hall–Kier alpha value is 0.0249. The zero-order valence-corrected chi connectivity index (χ0v) is 7.71. The van der Waals surface area contributed by atoms with Crippen LogP contribution in [0.1, 0.15) is 46.0 Å². The van der Waals surface area contributed by atoms with Crippen LogP contribution in [0.15, 0.2) is 0 Å². The van der Waals surface area contributed by atoms with E-state index in [1.54, 1.807) is 0 Å². The molecule has 1 fully saturated rings. The Labute approximate surface area is 71.6 Å². The molecule has 62 valence electrons. The Morgan fingerprint density at radius 3 is 2.18 bits per heavy atom. The zero-order valence-electron chi connectivity index (χ0n) is 7.71. The summed E-state index contributed by atoms with van der Waals surface area (Å²) in [5.74, 6) is 0. The van der Waals surface area contributed by atoms with Crippen molar-refractivity contribution in [2.24, 2.45) is 0 Å². The van der Waals surface area contributed by atoms with Gasteiger partial charge in [0.2, 0.25) is 0 Å². The molecule has 1 nitrogen and oxygen atoms in total. The largest absolute Gasteiger partial charge is 0.349 e. The molecular weight excluding hydrogens is 133 g/mol. The lowest BCUT2D eigenvalue weighted by molar-refractivity contribution is 0.228. The lowest BCUT2D eigenvalue weighted by atomic mass is 9.91. The van der Waals surface area contributed by atoms with Gasteiger partial charge in [-0.05, 0) is 24.9 Å². The molecule has 0 aromatic rings. The van der Waals surface area contributed by atoms with Gasteiger partial charge in [0, 0.05) is 0 Å². The summed E-state index contributed by atoms with van der Waals surface area (Å²) in [7, 11) is 5.92. The predicted octanol–water partition coefficient (Wildman–Crippen LogP) is 2.11. The van der Waals surface area contributed by atoms with Gasteiger partial charge in [0.1, 0.15) is 0 Å².